The summed E-state index contributed by atoms with van der Waals surface area (Å²) in [5, 5.41) is 3.55. The number of amides is 1. The van der Waals surface area contributed by atoms with Gasteiger partial charge in [0.15, 0.2) is 0 Å². The summed E-state index contributed by atoms with van der Waals surface area (Å²) in [6.45, 7) is 8.78. The molecule has 118 valence electrons. The van der Waals surface area contributed by atoms with E-state index in [0.717, 1.165) is 58.5 Å². The molecule has 0 atom stereocenters. The SMILES string of the molecule is CCCCOCCCNC1CCN(C(=O)OCC)CC1. The molecule has 0 aromatic carbocycles. The highest BCUT2D eigenvalue weighted by Gasteiger charge is 2.22. The first-order chi connectivity index (χ1) is 9.77. The average Bonchev–Trinajstić information content (AvgIpc) is 2.47. The van der Waals surface area contributed by atoms with Crippen LogP contribution in [0.4, 0.5) is 4.79 Å². The topological polar surface area (TPSA) is 50.8 Å². The molecule has 1 saturated heterocycles. The van der Waals surface area contributed by atoms with Crippen molar-refractivity contribution in [2.45, 2.75) is 52.0 Å². The quantitative estimate of drug-likeness (QED) is 0.661. The summed E-state index contributed by atoms with van der Waals surface area (Å²) in [5.74, 6) is 0. The van der Waals surface area contributed by atoms with Gasteiger partial charge in [-0.3, -0.25) is 0 Å². The number of hydrogen-bond acceptors (Lipinski definition) is 4. The van der Waals surface area contributed by atoms with Crippen molar-refractivity contribution >= 4 is 6.09 Å². The van der Waals surface area contributed by atoms with Crippen molar-refractivity contribution in [2.24, 2.45) is 0 Å². The number of unbranched alkanes of at least 4 members (excludes halogenated alkanes) is 1. The van der Waals surface area contributed by atoms with Gasteiger partial charge in [0.05, 0.1) is 6.61 Å². The van der Waals surface area contributed by atoms with Crippen molar-refractivity contribution in [3.8, 4) is 0 Å². The second-order valence-electron chi connectivity index (χ2n) is 5.23. The smallest absolute Gasteiger partial charge is 0.409 e. The van der Waals surface area contributed by atoms with Gasteiger partial charge in [0.25, 0.3) is 0 Å². The third-order valence-electron chi connectivity index (χ3n) is 3.56. The maximum absolute atomic E-state index is 11.6. The summed E-state index contributed by atoms with van der Waals surface area (Å²) in [7, 11) is 0. The van der Waals surface area contributed by atoms with E-state index < -0.39 is 0 Å². The minimum atomic E-state index is -0.171. The monoisotopic (exact) mass is 286 g/mol. The number of nitrogens with zero attached hydrogens (tertiary/aromatic N) is 1. The molecule has 0 aromatic rings. The molecule has 0 unspecified atom stereocenters. The van der Waals surface area contributed by atoms with Crippen molar-refractivity contribution in [1.82, 2.24) is 10.2 Å². The molecule has 0 bridgehead atoms. The number of hydrogen-bond donors (Lipinski definition) is 1. The van der Waals surface area contributed by atoms with Crippen molar-refractivity contribution in [1.29, 1.82) is 0 Å². The zero-order valence-electron chi connectivity index (χ0n) is 13.0. The first-order valence-corrected chi connectivity index (χ1v) is 8.00. The van der Waals surface area contributed by atoms with Gasteiger partial charge >= 0.3 is 6.09 Å². The van der Waals surface area contributed by atoms with E-state index in [9.17, 15) is 4.79 Å². The average molecular weight is 286 g/mol. The number of piperidine rings is 1. The lowest BCUT2D eigenvalue weighted by molar-refractivity contribution is 0.0944. The number of likely N-dealkylation sites (tertiary alicyclic amines) is 1. The van der Waals surface area contributed by atoms with Gasteiger partial charge in [-0.2, -0.15) is 0 Å². The van der Waals surface area contributed by atoms with Crippen LogP contribution in [-0.4, -0.2) is 56.5 Å². The largest absolute Gasteiger partial charge is 0.450 e. The zero-order chi connectivity index (χ0) is 14.6. The fraction of sp³-hybridized carbons (Fsp3) is 0.933. The fourth-order valence-electron chi connectivity index (χ4n) is 2.31. The molecule has 0 spiro atoms. The minimum absolute atomic E-state index is 0.171. The number of nitrogens with one attached hydrogen (secondary N) is 1. The molecule has 20 heavy (non-hydrogen) atoms. The summed E-state index contributed by atoms with van der Waals surface area (Å²) in [6, 6.07) is 0.524. The first-order valence-electron chi connectivity index (χ1n) is 8.00. The van der Waals surface area contributed by atoms with Gasteiger partial charge in [0, 0.05) is 32.3 Å². The molecule has 1 rings (SSSR count). The lowest BCUT2D eigenvalue weighted by Crippen LogP contribution is -2.45. The maximum Gasteiger partial charge on any atom is 0.409 e. The molecular weight excluding hydrogens is 256 g/mol. The normalized spacial score (nSPS) is 16.4. The standard InChI is InChI=1S/C15H30N2O3/c1-3-5-12-19-13-6-9-16-14-7-10-17(11-8-14)15(18)20-4-2/h14,16H,3-13H2,1-2H3. The maximum atomic E-state index is 11.6. The number of rotatable bonds is 9. The number of carbonyl (C=O) groups is 1. The van der Waals surface area contributed by atoms with Crippen LogP contribution in [0.1, 0.15) is 46.0 Å². The Kier molecular flexibility index (Phi) is 9.41. The molecule has 0 aromatic heterocycles. The molecule has 5 nitrogen and oxygen atoms in total. The van der Waals surface area contributed by atoms with E-state index >= 15 is 0 Å². The molecular formula is C15H30N2O3. The highest BCUT2D eigenvalue weighted by atomic mass is 16.6. The van der Waals surface area contributed by atoms with Gasteiger partial charge in [-0.05, 0) is 39.2 Å². The Balaban J connectivity index is 1.98. The van der Waals surface area contributed by atoms with Crippen LogP contribution in [0.2, 0.25) is 0 Å². The summed E-state index contributed by atoms with van der Waals surface area (Å²) in [4.78, 5) is 13.4. The van der Waals surface area contributed by atoms with E-state index in [-0.39, 0.29) is 6.09 Å². The van der Waals surface area contributed by atoms with Crippen LogP contribution in [0, 0.1) is 0 Å². The summed E-state index contributed by atoms with van der Waals surface area (Å²) in [5.41, 5.74) is 0. The Hall–Kier alpha value is -0.810. The highest BCUT2D eigenvalue weighted by Crippen LogP contribution is 2.11. The summed E-state index contributed by atoms with van der Waals surface area (Å²) < 4.78 is 10.5. The Bertz CT molecular complexity index is 254. The molecule has 1 heterocycles. The Morgan fingerprint density at radius 1 is 1.20 bits per heavy atom. The van der Waals surface area contributed by atoms with Crippen molar-refractivity contribution in [3.05, 3.63) is 0 Å². The van der Waals surface area contributed by atoms with Gasteiger partial charge in [-0.15, -0.1) is 0 Å². The Morgan fingerprint density at radius 3 is 2.55 bits per heavy atom. The van der Waals surface area contributed by atoms with Crippen molar-refractivity contribution in [2.75, 3.05) is 39.5 Å². The zero-order valence-corrected chi connectivity index (χ0v) is 13.0. The van der Waals surface area contributed by atoms with E-state index in [4.69, 9.17) is 9.47 Å². The predicted octanol–water partition coefficient (Wildman–Crippen LogP) is 2.40. The van der Waals surface area contributed by atoms with E-state index in [2.05, 4.69) is 12.2 Å². The van der Waals surface area contributed by atoms with E-state index in [0.29, 0.717) is 12.6 Å². The van der Waals surface area contributed by atoms with E-state index in [1.807, 2.05) is 6.92 Å². The molecule has 0 aliphatic carbocycles. The third-order valence-corrected chi connectivity index (χ3v) is 3.56. The fourth-order valence-corrected chi connectivity index (χ4v) is 2.31. The third kappa shape index (κ3) is 7.10. The lowest BCUT2D eigenvalue weighted by Gasteiger charge is -2.31. The van der Waals surface area contributed by atoms with Gasteiger partial charge in [-0.25, -0.2) is 4.79 Å². The molecule has 1 amide bonds. The summed E-state index contributed by atoms with van der Waals surface area (Å²) in [6.07, 6.45) is 5.25. The molecule has 5 heteroatoms. The van der Waals surface area contributed by atoms with Gasteiger partial charge in [0.2, 0.25) is 0 Å². The molecule has 1 aliphatic heterocycles. The summed E-state index contributed by atoms with van der Waals surface area (Å²) >= 11 is 0. The Labute approximate surface area is 123 Å². The van der Waals surface area contributed by atoms with Gasteiger partial charge < -0.3 is 19.7 Å². The first kappa shape index (κ1) is 17.2. The second kappa shape index (κ2) is 10.9. The van der Waals surface area contributed by atoms with Crippen LogP contribution in [0.15, 0.2) is 0 Å². The van der Waals surface area contributed by atoms with Gasteiger partial charge in [-0.1, -0.05) is 13.3 Å². The van der Waals surface area contributed by atoms with Crippen LogP contribution >= 0.6 is 0 Å². The Morgan fingerprint density at radius 2 is 1.90 bits per heavy atom. The van der Waals surface area contributed by atoms with Crippen LogP contribution in [0.3, 0.4) is 0 Å². The van der Waals surface area contributed by atoms with E-state index in [1.54, 1.807) is 4.90 Å². The molecule has 1 fully saturated rings. The van der Waals surface area contributed by atoms with Crippen LogP contribution in [0.5, 0.6) is 0 Å². The molecule has 1 aliphatic rings. The van der Waals surface area contributed by atoms with Gasteiger partial charge in [0.1, 0.15) is 0 Å². The second-order valence-corrected chi connectivity index (χ2v) is 5.23. The molecule has 0 radical (unpaired) electrons. The van der Waals surface area contributed by atoms with Crippen molar-refractivity contribution in [3.63, 3.8) is 0 Å². The lowest BCUT2D eigenvalue weighted by atomic mass is 10.1. The number of carbonyl (C=O) groups excluding carboxylic acids is 1. The van der Waals surface area contributed by atoms with E-state index in [1.165, 1.54) is 6.42 Å². The van der Waals surface area contributed by atoms with Crippen molar-refractivity contribution < 1.29 is 14.3 Å². The van der Waals surface area contributed by atoms with Crippen LogP contribution in [0.25, 0.3) is 0 Å². The predicted molar refractivity (Wildman–Crippen MR) is 80.0 cm³/mol. The minimum Gasteiger partial charge on any atom is -0.450 e. The highest BCUT2D eigenvalue weighted by molar-refractivity contribution is 5.67. The van der Waals surface area contributed by atoms with Crippen LogP contribution in [-0.2, 0) is 9.47 Å². The molecule has 0 saturated carbocycles. The molecule has 1 N–H and O–H groups in total. The number of ether oxygens (including phenoxy) is 2. The van der Waals surface area contributed by atoms with Crippen LogP contribution < -0.4 is 5.32 Å².